The molecule has 1 aromatic carbocycles. The molecule has 3 heterocycles. The number of carbonyl (C=O) groups is 1. The van der Waals surface area contributed by atoms with Crippen molar-refractivity contribution in [2.24, 2.45) is 0 Å². The summed E-state index contributed by atoms with van der Waals surface area (Å²) in [6.45, 7) is 0. The number of aliphatic carboxylic acids is 1. The molecule has 1 fully saturated rings. The van der Waals surface area contributed by atoms with Crippen molar-refractivity contribution in [1.82, 2.24) is 19.6 Å². The van der Waals surface area contributed by atoms with Crippen molar-refractivity contribution in [3.63, 3.8) is 0 Å². The quantitative estimate of drug-likeness (QED) is 0.348. The Morgan fingerprint density at radius 1 is 1.12 bits per heavy atom. The first-order valence-electron chi connectivity index (χ1n) is 11.1. The molecule has 174 valence electrons. The fraction of sp³-hybridized carbons (Fsp3) is 0.280. The molecule has 3 aromatic heterocycles. The molecule has 9 heteroatoms. The van der Waals surface area contributed by atoms with Gasteiger partial charge in [-0.25, -0.2) is 4.98 Å². The number of nitrogens with zero attached hydrogens (tertiary/aromatic N) is 4. The van der Waals surface area contributed by atoms with Gasteiger partial charge in [-0.3, -0.25) is 9.78 Å². The molecular weight excluding hydrogens is 498 g/mol. The van der Waals surface area contributed by atoms with E-state index in [9.17, 15) is 9.90 Å². The lowest BCUT2D eigenvalue weighted by atomic mass is 9.76. The zero-order chi connectivity index (χ0) is 23.9. The predicted molar refractivity (Wildman–Crippen MR) is 132 cm³/mol. The second-order valence-electron chi connectivity index (χ2n) is 8.86. The summed E-state index contributed by atoms with van der Waals surface area (Å²) in [5.74, 6) is -0.481. The van der Waals surface area contributed by atoms with Gasteiger partial charge in [-0.2, -0.15) is 9.61 Å². The number of aromatic nitrogens is 4. The minimum Gasteiger partial charge on any atom is -0.481 e. The SMILES string of the molecule is Nc1c(Br)c(C2CCC(O)(CC(=O)O)CC2)nc2c(-c3ccc(-c4ccccc4)nc3)cnn12. The van der Waals surface area contributed by atoms with Crippen molar-refractivity contribution in [3.8, 4) is 22.4 Å². The van der Waals surface area contributed by atoms with E-state index in [1.165, 1.54) is 0 Å². The van der Waals surface area contributed by atoms with Crippen LogP contribution in [-0.4, -0.2) is 41.4 Å². The van der Waals surface area contributed by atoms with Gasteiger partial charge in [0.1, 0.15) is 5.82 Å². The van der Waals surface area contributed by atoms with Gasteiger partial charge < -0.3 is 15.9 Å². The Labute approximate surface area is 204 Å². The molecule has 5 rings (SSSR count). The molecule has 0 atom stereocenters. The summed E-state index contributed by atoms with van der Waals surface area (Å²) in [6, 6.07) is 13.9. The highest BCUT2D eigenvalue weighted by atomic mass is 79.9. The number of fused-ring (bicyclic) bond motifs is 1. The van der Waals surface area contributed by atoms with Crippen LogP contribution in [0.15, 0.2) is 59.3 Å². The van der Waals surface area contributed by atoms with E-state index < -0.39 is 11.6 Å². The highest BCUT2D eigenvalue weighted by Crippen LogP contribution is 2.43. The topological polar surface area (TPSA) is 127 Å². The van der Waals surface area contributed by atoms with Crippen LogP contribution in [0.1, 0.15) is 43.7 Å². The highest BCUT2D eigenvalue weighted by molar-refractivity contribution is 9.10. The standard InChI is InChI=1S/C25H24BrN5O3/c26-21-22(16-8-10-25(34,11-9-16)12-20(32)33)30-24-18(14-29-31(24)23(21)27)17-6-7-19(28-13-17)15-4-2-1-3-5-15/h1-7,13-14,16,34H,8-12,27H2,(H,32,33). The van der Waals surface area contributed by atoms with Gasteiger partial charge in [0.2, 0.25) is 0 Å². The molecule has 0 amide bonds. The van der Waals surface area contributed by atoms with Crippen LogP contribution in [0.2, 0.25) is 0 Å². The summed E-state index contributed by atoms with van der Waals surface area (Å²) in [4.78, 5) is 20.7. The Bertz CT molecular complexity index is 1350. The molecule has 0 spiro atoms. The molecule has 0 bridgehead atoms. The zero-order valence-corrected chi connectivity index (χ0v) is 19.9. The molecule has 0 radical (unpaired) electrons. The largest absolute Gasteiger partial charge is 0.481 e. The number of rotatable bonds is 5. The minimum atomic E-state index is -1.17. The number of pyridine rings is 1. The van der Waals surface area contributed by atoms with Crippen molar-refractivity contribution in [3.05, 3.63) is 65.0 Å². The van der Waals surface area contributed by atoms with Gasteiger partial charge in [0.15, 0.2) is 5.65 Å². The molecule has 0 aliphatic heterocycles. The summed E-state index contributed by atoms with van der Waals surface area (Å²) in [5, 5.41) is 24.2. The molecule has 0 saturated heterocycles. The lowest BCUT2D eigenvalue weighted by molar-refractivity contribution is -0.144. The molecule has 34 heavy (non-hydrogen) atoms. The summed E-state index contributed by atoms with van der Waals surface area (Å²) >= 11 is 3.59. The number of nitrogens with two attached hydrogens (primary N) is 1. The van der Waals surface area contributed by atoms with Crippen molar-refractivity contribution in [2.45, 2.75) is 43.6 Å². The van der Waals surface area contributed by atoms with Crippen LogP contribution in [0, 0.1) is 0 Å². The first-order valence-corrected chi connectivity index (χ1v) is 11.9. The van der Waals surface area contributed by atoms with Crippen LogP contribution < -0.4 is 5.73 Å². The van der Waals surface area contributed by atoms with Crippen molar-refractivity contribution < 1.29 is 15.0 Å². The van der Waals surface area contributed by atoms with Crippen molar-refractivity contribution >= 4 is 33.4 Å². The Kier molecular flexibility index (Phi) is 5.83. The second-order valence-corrected chi connectivity index (χ2v) is 9.65. The lowest BCUT2D eigenvalue weighted by Crippen LogP contribution is -2.36. The third kappa shape index (κ3) is 4.17. The van der Waals surface area contributed by atoms with Gasteiger partial charge in [-0.15, -0.1) is 0 Å². The van der Waals surface area contributed by atoms with Crippen LogP contribution in [0.3, 0.4) is 0 Å². The first-order chi connectivity index (χ1) is 16.3. The molecule has 8 nitrogen and oxygen atoms in total. The van der Waals surface area contributed by atoms with Gasteiger partial charge in [0.25, 0.3) is 0 Å². The summed E-state index contributed by atoms with van der Waals surface area (Å²) < 4.78 is 2.29. The molecule has 1 saturated carbocycles. The monoisotopic (exact) mass is 521 g/mol. The Hall–Kier alpha value is -3.30. The number of benzene rings is 1. The lowest BCUT2D eigenvalue weighted by Gasteiger charge is -2.35. The average Bonchev–Trinajstić information content (AvgIpc) is 3.26. The molecule has 0 unspecified atom stereocenters. The Morgan fingerprint density at radius 2 is 1.85 bits per heavy atom. The number of hydrogen-bond acceptors (Lipinski definition) is 6. The fourth-order valence-corrected chi connectivity index (χ4v) is 5.29. The van der Waals surface area contributed by atoms with E-state index in [2.05, 4.69) is 26.0 Å². The molecule has 1 aliphatic rings. The second kappa shape index (κ2) is 8.81. The van der Waals surface area contributed by atoms with E-state index in [0.717, 1.165) is 28.1 Å². The van der Waals surface area contributed by atoms with E-state index in [1.807, 2.05) is 48.7 Å². The summed E-state index contributed by atoms with van der Waals surface area (Å²) in [7, 11) is 0. The van der Waals surface area contributed by atoms with E-state index in [4.69, 9.17) is 15.8 Å². The van der Waals surface area contributed by atoms with Gasteiger partial charge in [0, 0.05) is 28.8 Å². The van der Waals surface area contributed by atoms with Crippen LogP contribution in [0.25, 0.3) is 28.0 Å². The van der Waals surface area contributed by atoms with Gasteiger partial charge in [0.05, 0.1) is 34.1 Å². The Morgan fingerprint density at radius 3 is 2.50 bits per heavy atom. The summed E-state index contributed by atoms with van der Waals surface area (Å²) in [5.41, 5.74) is 10.3. The zero-order valence-electron chi connectivity index (χ0n) is 18.4. The molecule has 1 aliphatic carbocycles. The van der Waals surface area contributed by atoms with Gasteiger partial charge in [-0.05, 0) is 47.7 Å². The number of nitrogen functional groups attached to an aromatic ring is 1. The van der Waals surface area contributed by atoms with Gasteiger partial charge in [-0.1, -0.05) is 36.4 Å². The molecule has 4 N–H and O–H groups in total. The number of hydrogen-bond donors (Lipinski definition) is 3. The van der Waals surface area contributed by atoms with E-state index >= 15 is 0 Å². The third-order valence-electron chi connectivity index (χ3n) is 6.58. The molecule has 4 aromatic rings. The normalized spacial score (nSPS) is 20.5. The van der Waals surface area contributed by atoms with Crippen LogP contribution in [0.4, 0.5) is 5.82 Å². The fourth-order valence-electron chi connectivity index (χ4n) is 4.71. The van der Waals surface area contributed by atoms with E-state index in [-0.39, 0.29) is 12.3 Å². The van der Waals surface area contributed by atoms with E-state index in [1.54, 1.807) is 10.7 Å². The number of anilines is 1. The maximum atomic E-state index is 11.1. The predicted octanol–water partition coefficient (Wildman–Crippen LogP) is 4.67. The highest BCUT2D eigenvalue weighted by Gasteiger charge is 2.37. The van der Waals surface area contributed by atoms with E-state index in [0.29, 0.717) is 41.6 Å². The number of aliphatic hydroxyl groups is 1. The maximum absolute atomic E-state index is 11.1. The average molecular weight is 522 g/mol. The molecular formula is C25H24BrN5O3. The van der Waals surface area contributed by atoms with Crippen LogP contribution in [-0.2, 0) is 4.79 Å². The van der Waals surface area contributed by atoms with Crippen LogP contribution in [0.5, 0.6) is 0 Å². The number of carboxylic acids is 1. The third-order valence-corrected chi connectivity index (χ3v) is 7.39. The Balaban J connectivity index is 1.47. The van der Waals surface area contributed by atoms with Crippen molar-refractivity contribution in [2.75, 3.05) is 5.73 Å². The number of halogens is 1. The van der Waals surface area contributed by atoms with Crippen molar-refractivity contribution in [1.29, 1.82) is 0 Å². The first kappa shape index (κ1) is 22.5. The summed E-state index contributed by atoms with van der Waals surface area (Å²) in [6.07, 6.45) is 5.37. The minimum absolute atomic E-state index is 0.0528. The van der Waals surface area contributed by atoms with Gasteiger partial charge >= 0.3 is 5.97 Å². The smallest absolute Gasteiger partial charge is 0.306 e. The van der Waals surface area contributed by atoms with Crippen LogP contribution >= 0.6 is 15.9 Å². The maximum Gasteiger partial charge on any atom is 0.306 e. The number of carboxylic acid groups (broad SMARTS) is 1.